The van der Waals surface area contributed by atoms with E-state index in [2.05, 4.69) is 6.92 Å². The largest absolute Gasteiger partial charge is 0.338 e. The number of likely N-dealkylation sites (tertiary alicyclic amines) is 1. The molecule has 126 valence electrons. The number of para-hydroxylation sites is 1. The summed E-state index contributed by atoms with van der Waals surface area (Å²) in [4.78, 5) is 15.1. The van der Waals surface area contributed by atoms with E-state index in [0.717, 1.165) is 36.5 Å². The average Bonchev–Trinajstić information content (AvgIpc) is 3.29. The molecular weight excluding hydrogens is 310 g/mol. The van der Waals surface area contributed by atoms with Crippen molar-refractivity contribution in [3.63, 3.8) is 0 Å². The Kier molecular flexibility index (Phi) is 4.10. The summed E-state index contributed by atoms with van der Waals surface area (Å²) in [5, 5.41) is 4.73. The molecule has 1 amide bonds. The van der Waals surface area contributed by atoms with Gasteiger partial charge >= 0.3 is 0 Å². The molecule has 3 aromatic rings. The minimum absolute atomic E-state index is 0.0744. The molecule has 0 aliphatic carbocycles. The van der Waals surface area contributed by atoms with Gasteiger partial charge in [-0.2, -0.15) is 5.10 Å². The lowest BCUT2D eigenvalue weighted by molar-refractivity contribution is 0.0789. The molecule has 4 heteroatoms. The van der Waals surface area contributed by atoms with Crippen molar-refractivity contribution >= 4 is 5.91 Å². The van der Waals surface area contributed by atoms with Crippen LogP contribution in [0.2, 0.25) is 0 Å². The number of carbonyl (C=O) groups excluding carboxylic acids is 1. The van der Waals surface area contributed by atoms with E-state index < -0.39 is 0 Å². The Morgan fingerprint density at radius 3 is 2.36 bits per heavy atom. The molecule has 0 saturated carbocycles. The van der Waals surface area contributed by atoms with Crippen molar-refractivity contribution in [3.8, 4) is 16.9 Å². The molecular formula is C21H21N3O. The van der Waals surface area contributed by atoms with Crippen LogP contribution in [-0.2, 0) is 0 Å². The Labute approximate surface area is 147 Å². The topological polar surface area (TPSA) is 38.1 Å². The van der Waals surface area contributed by atoms with E-state index in [-0.39, 0.29) is 5.91 Å². The highest BCUT2D eigenvalue weighted by Gasteiger charge is 2.28. The van der Waals surface area contributed by atoms with Gasteiger partial charge in [-0.25, -0.2) is 4.68 Å². The molecule has 1 atom stereocenters. The van der Waals surface area contributed by atoms with Gasteiger partial charge in [-0.1, -0.05) is 55.5 Å². The van der Waals surface area contributed by atoms with Crippen LogP contribution >= 0.6 is 0 Å². The number of nitrogens with zero attached hydrogens (tertiary/aromatic N) is 3. The fourth-order valence-corrected chi connectivity index (χ4v) is 3.34. The smallest absolute Gasteiger partial charge is 0.257 e. The fraction of sp³-hybridized carbons (Fsp3) is 0.238. The summed E-state index contributed by atoms with van der Waals surface area (Å²) in [5.74, 6) is 0.638. The highest BCUT2D eigenvalue weighted by atomic mass is 16.2. The number of benzene rings is 2. The lowest BCUT2D eigenvalue weighted by atomic mass is 10.1. The van der Waals surface area contributed by atoms with Crippen molar-refractivity contribution in [2.45, 2.75) is 13.3 Å². The lowest BCUT2D eigenvalue weighted by Gasteiger charge is -2.15. The van der Waals surface area contributed by atoms with Crippen LogP contribution in [0.15, 0.2) is 66.9 Å². The molecule has 0 bridgehead atoms. The first-order valence-electron chi connectivity index (χ1n) is 8.72. The quantitative estimate of drug-likeness (QED) is 0.727. The van der Waals surface area contributed by atoms with Crippen molar-refractivity contribution in [3.05, 3.63) is 72.4 Å². The molecule has 1 aliphatic heterocycles. The summed E-state index contributed by atoms with van der Waals surface area (Å²) < 4.78 is 1.80. The van der Waals surface area contributed by atoms with Gasteiger partial charge in [-0.3, -0.25) is 4.79 Å². The van der Waals surface area contributed by atoms with Gasteiger partial charge in [-0.05, 0) is 24.5 Å². The first-order valence-corrected chi connectivity index (χ1v) is 8.72. The monoisotopic (exact) mass is 331 g/mol. The Morgan fingerprint density at radius 2 is 1.72 bits per heavy atom. The van der Waals surface area contributed by atoms with Gasteiger partial charge in [-0.15, -0.1) is 0 Å². The summed E-state index contributed by atoms with van der Waals surface area (Å²) in [6.45, 7) is 3.84. The second-order valence-corrected chi connectivity index (χ2v) is 6.68. The number of hydrogen-bond acceptors (Lipinski definition) is 2. The van der Waals surface area contributed by atoms with E-state index in [1.54, 1.807) is 4.68 Å². The van der Waals surface area contributed by atoms with E-state index in [4.69, 9.17) is 5.10 Å². The van der Waals surface area contributed by atoms with Crippen LogP contribution in [0, 0.1) is 5.92 Å². The normalized spacial score (nSPS) is 17.0. The standard InChI is InChI=1S/C21H21N3O/c1-16-12-13-23(14-16)21(25)19-15-24(18-10-6-3-7-11-18)22-20(19)17-8-4-2-5-9-17/h2-11,15-16H,12-14H2,1H3. The predicted molar refractivity (Wildman–Crippen MR) is 98.7 cm³/mol. The predicted octanol–water partition coefficient (Wildman–Crippen LogP) is 4.02. The first-order chi connectivity index (χ1) is 12.2. The third kappa shape index (κ3) is 3.07. The molecule has 0 spiro atoms. The van der Waals surface area contributed by atoms with Gasteiger partial charge < -0.3 is 4.90 Å². The van der Waals surface area contributed by atoms with Crippen LogP contribution < -0.4 is 0 Å². The third-order valence-electron chi connectivity index (χ3n) is 4.72. The van der Waals surface area contributed by atoms with Crippen molar-refractivity contribution in [1.82, 2.24) is 14.7 Å². The summed E-state index contributed by atoms with van der Waals surface area (Å²) in [7, 11) is 0. The van der Waals surface area contributed by atoms with Gasteiger partial charge in [0, 0.05) is 24.8 Å². The minimum atomic E-state index is 0.0744. The number of hydrogen-bond donors (Lipinski definition) is 0. The van der Waals surface area contributed by atoms with Gasteiger partial charge in [0.2, 0.25) is 0 Å². The summed E-state index contributed by atoms with van der Waals surface area (Å²) in [6.07, 6.45) is 2.93. The van der Waals surface area contributed by atoms with Crippen LogP contribution in [0.4, 0.5) is 0 Å². The van der Waals surface area contributed by atoms with Crippen molar-refractivity contribution in [1.29, 1.82) is 0 Å². The van der Waals surface area contributed by atoms with E-state index >= 15 is 0 Å². The van der Waals surface area contributed by atoms with E-state index in [1.807, 2.05) is 71.8 Å². The van der Waals surface area contributed by atoms with E-state index in [1.165, 1.54) is 0 Å². The molecule has 0 radical (unpaired) electrons. The van der Waals surface area contributed by atoms with Crippen molar-refractivity contribution < 1.29 is 4.79 Å². The Morgan fingerprint density at radius 1 is 1.04 bits per heavy atom. The molecule has 1 saturated heterocycles. The Hall–Kier alpha value is -2.88. The van der Waals surface area contributed by atoms with E-state index in [9.17, 15) is 4.79 Å². The average molecular weight is 331 g/mol. The SMILES string of the molecule is CC1CCN(C(=O)c2cn(-c3ccccc3)nc2-c2ccccc2)C1. The zero-order valence-corrected chi connectivity index (χ0v) is 14.3. The second kappa shape index (κ2) is 6.55. The minimum Gasteiger partial charge on any atom is -0.338 e. The van der Waals surface area contributed by atoms with Gasteiger partial charge in [0.25, 0.3) is 5.91 Å². The number of rotatable bonds is 3. The van der Waals surface area contributed by atoms with Crippen LogP contribution in [0.25, 0.3) is 16.9 Å². The molecule has 1 unspecified atom stereocenters. The summed E-state index contributed by atoms with van der Waals surface area (Å²) >= 11 is 0. The fourth-order valence-electron chi connectivity index (χ4n) is 3.34. The second-order valence-electron chi connectivity index (χ2n) is 6.68. The maximum Gasteiger partial charge on any atom is 0.257 e. The lowest BCUT2D eigenvalue weighted by Crippen LogP contribution is -2.28. The summed E-state index contributed by atoms with van der Waals surface area (Å²) in [5.41, 5.74) is 3.33. The number of aromatic nitrogens is 2. The first kappa shape index (κ1) is 15.6. The Balaban J connectivity index is 1.78. The van der Waals surface area contributed by atoms with Crippen LogP contribution in [0.3, 0.4) is 0 Å². The Bertz CT molecular complexity index is 871. The molecule has 0 N–H and O–H groups in total. The maximum absolute atomic E-state index is 13.1. The van der Waals surface area contributed by atoms with Crippen LogP contribution in [0.1, 0.15) is 23.7 Å². The van der Waals surface area contributed by atoms with Crippen LogP contribution in [0.5, 0.6) is 0 Å². The summed E-state index contributed by atoms with van der Waals surface area (Å²) in [6, 6.07) is 19.8. The molecule has 4 rings (SSSR count). The molecule has 2 heterocycles. The van der Waals surface area contributed by atoms with E-state index in [0.29, 0.717) is 11.5 Å². The van der Waals surface area contributed by atoms with Crippen molar-refractivity contribution in [2.24, 2.45) is 5.92 Å². The highest BCUT2D eigenvalue weighted by Crippen LogP contribution is 2.26. The molecule has 1 aliphatic rings. The zero-order valence-electron chi connectivity index (χ0n) is 14.3. The molecule has 2 aromatic carbocycles. The zero-order chi connectivity index (χ0) is 17.2. The molecule has 4 nitrogen and oxygen atoms in total. The molecule has 25 heavy (non-hydrogen) atoms. The van der Waals surface area contributed by atoms with Crippen molar-refractivity contribution in [2.75, 3.05) is 13.1 Å². The third-order valence-corrected chi connectivity index (χ3v) is 4.72. The van der Waals surface area contributed by atoms with Gasteiger partial charge in [0.15, 0.2) is 0 Å². The van der Waals surface area contributed by atoms with Crippen LogP contribution in [-0.4, -0.2) is 33.7 Å². The highest BCUT2D eigenvalue weighted by molar-refractivity contribution is 6.00. The molecule has 1 aromatic heterocycles. The van der Waals surface area contributed by atoms with Gasteiger partial charge in [0.05, 0.1) is 11.3 Å². The number of amides is 1. The maximum atomic E-state index is 13.1. The van der Waals surface area contributed by atoms with Gasteiger partial charge in [0.1, 0.15) is 5.69 Å². The molecule has 1 fully saturated rings. The number of carbonyl (C=O) groups is 1.